The first-order valence-electron chi connectivity index (χ1n) is 4.26. The highest BCUT2D eigenvalue weighted by Crippen LogP contribution is 2.28. The normalized spacial score (nSPS) is 11.7. The van der Waals surface area contributed by atoms with Crippen LogP contribution in [0.3, 0.4) is 0 Å². The van der Waals surface area contributed by atoms with Gasteiger partial charge >= 0.3 is 0 Å². The third-order valence-electron chi connectivity index (χ3n) is 1.77. The van der Waals surface area contributed by atoms with Crippen molar-refractivity contribution in [3.05, 3.63) is 28.2 Å². The van der Waals surface area contributed by atoms with Crippen LogP contribution in [0.2, 0.25) is 0 Å². The molecule has 0 N–H and O–H groups in total. The summed E-state index contributed by atoms with van der Waals surface area (Å²) in [5.74, 6) is 0. The number of halogens is 2. The van der Waals surface area contributed by atoms with E-state index in [1.807, 2.05) is 6.92 Å². The average Bonchev–Trinajstić information content (AvgIpc) is 2.14. The fraction of sp³-hybridized carbons (Fsp3) is 0.333. The zero-order valence-electron chi connectivity index (χ0n) is 8.04. The molecule has 0 aliphatic carbocycles. The Morgan fingerprint density at radius 2 is 2.13 bits per heavy atom. The predicted molar refractivity (Wildman–Crippen MR) is 62.5 cm³/mol. The van der Waals surface area contributed by atoms with E-state index in [-0.39, 0.29) is 4.90 Å². The number of rotatable bonds is 4. The van der Waals surface area contributed by atoms with E-state index in [4.69, 9.17) is 15.4 Å². The highest BCUT2D eigenvalue weighted by atomic mass is 79.9. The molecule has 0 aliphatic heterocycles. The number of ether oxygens (including phenoxy) is 1. The lowest BCUT2D eigenvalue weighted by Gasteiger charge is -2.07. The van der Waals surface area contributed by atoms with Crippen LogP contribution < -0.4 is 0 Å². The predicted octanol–water partition coefficient (Wildman–Crippen LogP) is 2.91. The lowest BCUT2D eigenvalue weighted by atomic mass is 10.2. The maximum atomic E-state index is 11.2. The van der Waals surface area contributed by atoms with Crippen LogP contribution in [0.25, 0.3) is 0 Å². The molecule has 1 aromatic carbocycles. The second kappa shape index (κ2) is 5.30. The van der Waals surface area contributed by atoms with Gasteiger partial charge in [-0.15, -0.1) is 0 Å². The topological polar surface area (TPSA) is 43.4 Å². The fourth-order valence-corrected chi connectivity index (χ4v) is 3.34. The summed E-state index contributed by atoms with van der Waals surface area (Å²) in [6, 6.07) is 4.86. The Morgan fingerprint density at radius 1 is 1.47 bits per heavy atom. The molecule has 3 nitrogen and oxygen atoms in total. The number of hydrogen-bond donors (Lipinski definition) is 0. The highest BCUT2D eigenvalue weighted by Gasteiger charge is 2.16. The van der Waals surface area contributed by atoms with Crippen LogP contribution in [0.5, 0.6) is 0 Å². The van der Waals surface area contributed by atoms with Crippen molar-refractivity contribution < 1.29 is 13.2 Å². The van der Waals surface area contributed by atoms with E-state index in [9.17, 15) is 8.42 Å². The van der Waals surface area contributed by atoms with Gasteiger partial charge in [0.1, 0.15) is 0 Å². The van der Waals surface area contributed by atoms with Crippen LogP contribution in [0.1, 0.15) is 12.5 Å². The van der Waals surface area contributed by atoms with Gasteiger partial charge in [-0.25, -0.2) is 8.42 Å². The minimum Gasteiger partial charge on any atom is -0.377 e. The van der Waals surface area contributed by atoms with Gasteiger partial charge in [0.2, 0.25) is 0 Å². The molecular weight excluding hydrogens is 304 g/mol. The van der Waals surface area contributed by atoms with Gasteiger partial charge in [-0.3, -0.25) is 0 Å². The monoisotopic (exact) mass is 312 g/mol. The molecule has 0 fully saturated rings. The molecule has 0 saturated carbocycles. The van der Waals surface area contributed by atoms with Crippen LogP contribution in [0.15, 0.2) is 27.6 Å². The third kappa shape index (κ3) is 3.45. The number of benzene rings is 1. The second-order valence-electron chi connectivity index (χ2n) is 2.80. The van der Waals surface area contributed by atoms with Crippen LogP contribution in [-0.2, 0) is 20.4 Å². The maximum absolute atomic E-state index is 11.2. The molecule has 0 saturated heterocycles. The summed E-state index contributed by atoms with van der Waals surface area (Å²) < 4.78 is 28.0. The van der Waals surface area contributed by atoms with Crippen LogP contribution >= 0.6 is 26.6 Å². The van der Waals surface area contributed by atoms with Crippen molar-refractivity contribution in [3.8, 4) is 0 Å². The molecule has 0 aliphatic rings. The van der Waals surface area contributed by atoms with E-state index < -0.39 is 9.05 Å². The summed E-state index contributed by atoms with van der Waals surface area (Å²) in [4.78, 5) is 0.0707. The molecule has 0 bridgehead atoms. The molecule has 0 atom stereocenters. The Labute approximate surface area is 102 Å². The van der Waals surface area contributed by atoms with E-state index in [0.29, 0.717) is 17.7 Å². The van der Waals surface area contributed by atoms with Gasteiger partial charge < -0.3 is 4.74 Å². The van der Waals surface area contributed by atoms with Crippen molar-refractivity contribution in [1.82, 2.24) is 0 Å². The average molecular weight is 314 g/mol. The van der Waals surface area contributed by atoms with Gasteiger partial charge in [0, 0.05) is 21.8 Å². The van der Waals surface area contributed by atoms with Crippen molar-refractivity contribution in [2.24, 2.45) is 0 Å². The second-order valence-corrected chi connectivity index (χ2v) is 6.13. The Kier molecular flexibility index (Phi) is 4.58. The molecule has 1 aromatic rings. The quantitative estimate of drug-likeness (QED) is 0.803. The summed E-state index contributed by atoms with van der Waals surface area (Å²) >= 11 is 3.20. The molecule has 84 valence electrons. The van der Waals surface area contributed by atoms with E-state index in [2.05, 4.69) is 15.9 Å². The zero-order valence-corrected chi connectivity index (χ0v) is 11.2. The molecule has 0 aromatic heterocycles. The first-order chi connectivity index (χ1) is 6.96. The molecule has 0 unspecified atom stereocenters. The Bertz CT molecular complexity index is 445. The van der Waals surface area contributed by atoms with E-state index in [1.54, 1.807) is 12.1 Å². The van der Waals surface area contributed by atoms with Crippen molar-refractivity contribution in [2.75, 3.05) is 6.61 Å². The summed E-state index contributed by atoms with van der Waals surface area (Å²) in [5.41, 5.74) is 0.763. The fourth-order valence-electron chi connectivity index (χ4n) is 1.07. The lowest BCUT2D eigenvalue weighted by Crippen LogP contribution is -1.98. The lowest BCUT2D eigenvalue weighted by molar-refractivity contribution is 0.133. The van der Waals surface area contributed by atoms with Gasteiger partial charge in [-0.05, 0) is 34.5 Å². The Hall–Kier alpha value is -0.100. The van der Waals surface area contributed by atoms with Gasteiger partial charge in [-0.1, -0.05) is 12.1 Å². The Morgan fingerprint density at radius 3 is 2.67 bits per heavy atom. The zero-order chi connectivity index (χ0) is 11.5. The van der Waals surface area contributed by atoms with Gasteiger partial charge in [0.15, 0.2) is 0 Å². The largest absolute Gasteiger partial charge is 0.377 e. The first-order valence-corrected chi connectivity index (χ1v) is 7.37. The molecule has 0 spiro atoms. The Balaban J connectivity index is 3.12. The molecular formula is C9H10BrClO3S. The molecule has 15 heavy (non-hydrogen) atoms. The van der Waals surface area contributed by atoms with Gasteiger partial charge in [0.05, 0.1) is 11.5 Å². The smallest absolute Gasteiger partial charge is 0.262 e. The van der Waals surface area contributed by atoms with Gasteiger partial charge in [-0.2, -0.15) is 0 Å². The van der Waals surface area contributed by atoms with Crippen molar-refractivity contribution >= 4 is 35.7 Å². The minimum absolute atomic E-state index is 0.0707. The SMILES string of the molecule is CCOCc1cccc(S(=O)(=O)Cl)c1Br. The first kappa shape index (κ1) is 13.0. The molecule has 0 radical (unpaired) electrons. The highest BCUT2D eigenvalue weighted by molar-refractivity contribution is 9.10. The van der Waals surface area contributed by atoms with Crippen LogP contribution in [0.4, 0.5) is 0 Å². The molecule has 6 heteroatoms. The number of hydrogen-bond acceptors (Lipinski definition) is 3. The molecule has 0 amide bonds. The summed E-state index contributed by atoms with van der Waals surface area (Å²) in [6.07, 6.45) is 0. The van der Waals surface area contributed by atoms with Gasteiger partial charge in [0.25, 0.3) is 9.05 Å². The maximum Gasteiger partial charge on any atom is 0.262 e. The summed E-state index contributed by atoms with van der Waals surface area (Å²) in [7, 11) is 1.56. The summed E-state index contributed by atoms with van der Waals surface area (Å²) in [6.45, 7) is 2.80. The molecule has 1 rings (SSSR count). The van der Waals surface area contributed by atoms with Crippen LogP contribution in [-0.4, -0.2) is 15.0 Å². The van der Waals surface area contributed by atoms with Crippen LogP contribution in [0, 0.1) is 0 Å². The molecule has 0 heterocycles. The van der Waals surface area contributed by atoms with E-state index in [0.717, 1.165) is 5.56 Å². The third-order valence-corrected chi connectivity index (χ3v) is 4.33. The summed E-state index contributed by atoms with van der Waals surface area (Å²) in [5, 5.41) is 0. The van der Waals surface area contributed by atoms with Crippen molar-refractivity contribution in [1.29, 1.82) is 0 Å². The van der Waals surface area contributed by atoms with E-state index in [1.165, 1.54) is 6.07 Å². The van der Waals surface area contributed by atoms with Crippen molar-refractivity contribution in [2.45, 2.75) is 18.4 Å². The van der Waals surface area contributed by atoms with Crippen molar-refractivity contribution in [3.63, 3.8) is 0 Å². The standard InChI is InChI=1S/C9H10BrClO3S/c1-2-14-6-7-4-3-5-8(9(7)10)15(11,12)13/h3-5H,2,6H2,1H3. The van der Waals surface area contributed by atoms with E-state index >= 15 is 0 Å². The minimum atomic E-state index is -3.71.